The van der Waals surface area contributed by atoms with Gasteiger partial charge in [0.05, 0.1) is 11.8 Å². The van der Waals surface area contributed by atoms with E-state index in [0.29, 0.717) is 19.8 Å². The molecule has 2 rings (SSSR count). The zero-order valence-electron chi connectivity index (χ0n) is 14.8. The highest BCUT2D eigenvalue weighted by Gasteiger charge is 2.51. The molecule has 24 heavy (non-hydrogen) atoms. The van der Waals surface area contributed by atoms with Crippen molar-refractivity contribution in [1.29, 1.82) is 0 Å². The number of rotatable bonds is 10. The van der Waals surface area contributed by atoms with E-state index in [1.807, 2.05) is 32.5 Å². The molecule has 0 heterocycles. The van der Waals surface area contributed by atoms with E-state index in [4.69, 9.17) is 8.85 Å². The number of fused-ring (bicyclic) bond motifs is 2. The summed E-state index contributed by atoms with van der Waals surface area (Å²) in [6.45, 7) is 7.76. The van der Waals surface area contributed by atoms with E-state index in [1.165, 1.54) is 0 Å². The molecule has 2 aliphatic carbocycles. The fraction of sp³-hybridized carbons (Fsp3) is 0.765. The van der Waals surface area contributed by atoms with Gasteiger partial charge in [-0.3, -0.25) is 9.59 Å². The number of carbonyl (C=O) groups is 2. The van der Waals surface area contributed by atoms with Crippen LogP contribution < -0.4 is 5.32 Å². The Morgan fingerprint density at radius 2 is 1.75 bits per heavy atom. The molecule has 0 saturated heterocycles. The van der Waals surface area contributed by atoms with Gasteiger partial charge in [-0.1, -0.05) is 12.2 Å². The molecule has 0 radical (unpaired) electrons. The highest BCUT2D eigenvalue weighted by atomic mass is 28.4. The number of aliphatic carboxylic acids is 1. The average molecular weight is 356 g/mol. The first-order valence-electron chi connectivity index (χ1n) is 8.88. The Kier molecular flexibility index (Phi) is 6.60. The molecule has 0 aromatic rings. The fourth-order valence-electron chi connectivity index (χ4n) is 4.05. The van der Waals surface area contributed by atoms with Crippen molar-refractivity contribution in [3.8, 4) is 0 Å². The van der Waals surface area contributed by atoms with Gasteiger partial charge in [-0.05, 0) is 51.1 Å². The maximum Gasteiger partial charge on any atom is 0.334 e. The van der Waals surface area contributed by atoms with Crippen LogP contribution in [0.25, 0.3) is 0 Å². The van der Waals surface area contributed by atoms with Crippen molar-refractivity contribution >= 4 is 20.4 Å². The summed E-state index contributed by atoms with van der Waals surface area (Å²) in [6.07, 6.45) is 5.52. The molecule has 136 valence electrons. The van der Waals surface area contributed by atoms with Crippen LogP contribution in [-0.4, -0.2) is 45.3 Å². The summed E-state index contributed by atoms with van der Waals surface area (Å²) < 4.78 is 11.6. The maximum atomic E-state index is 12.5. The van der Waals surface area contributed by atoms with Crippen LogP contribution in [0, 0.1) is 23.7 Å². The third-order valence-electron chi connectivity index (χ3n) is 5.05. The monoisotopic (exact) mass is 355 g/mol. The van der Waals surface area contributed by atoms with Crippen molar-refractivity contribution in [2.75, 3.05) is 19.8 Å². The predicted octanol–water partition coefficient (Wildman–Crippen LogP) is 2.16. The third kappa shape index (κ3) is 4.26. The molecule has 0 spiro atoms. The van der Waals surface area contributed by atoms with Gasteiger partial charge in [0.1, 0.15) is 0 Å². The van der Waals surface area contributed by atoms with E-state index >= 15 is 0 Å². The van der Waals surface area contributed by atoms with E-state index in [2.05, 4.69) is 5.32 Å². The van der Waals surface area contributed by atoms with Gasteiger partial charge in [-0.2, -0.15) is 0 Å². The molecule has 1 saturated carbocycles. The zero-order valence-corrected chi connectivity index (χ0v) is 15.8. The molecule has 1 fully saturated rings. The molecule has 2 bridgehead atoms. The Morgan fingerprint density at radius 3 is 2.29 bits per heavy atom. The third-order valence-corrected chi connectivity index (χ3v) is 8.11. The number of carboxylic acid groups (broad SMARTS) is 1. The van der Waals surface area contributed by atoms with Gasteiger partial charge in [0.15, 0.2) is 0 Å². The van der Waals surface area contributed by atoms with E-state index < -0.39 is 26.4 Å². The smallest absolute Gasteiger partial charge is 0.334 e. The van der Waals surface area contributed by atoms with Gasteiger partial charge in [0.25, 0.3) is 0 Å². The van der Waals surface area contributed by atoms with Crippen LogP contribution in [-0.2, 0) is 18.4 Å². The highest BCUT2D eigenvalue weighted by molar-refractivity contribution is 6.66. The van der Waals surface area contributed by atoms with Crippen LogP contribution in [0.2, 0.25) is 12.6 Å². The standard InChI is InChI=1S/C17H29NO5Si/c1-4-22-24(3,23-5-2)10-6-9-18-16(19)14-12-7-8-13(11-12)15(14)17(20)21/h7-8,12-15H,4-6,9-11H2,1-3H3,(H,18,19)(H,20,21). The molecule has 4 unspecified atom stereocenters. The second-order valence-corrected chi connectivity index (χ2v) is 10.1. The lowest BCUT2D eigenvalue weighted by Gasteiger charge is -2.26. The van der Waals surface area contributed by atoms with Crippen LogP contribution in [0.1, 0.15) is 26.7 Å². The average Bonchev–Trinajstić information content (AvgIpc) is 3.12. The molecule has 0 aromatic heterocycles. The summed E-state index contributed by atoms with van der Waals surface area (Å²) in [7, 11) is -2.15. The summed E-state index contributed by atoms with van der Waals surface area (Å²) in [5.41, 5.74) is 0. The quantitative estimate of drug-likeness (QED) is 0.356. The van der Waals surface area contributed by atoms with Crippen molar-refractivity contribution in [3.63, 3.8) is 0 Å². The molecule has 4 atom stereocenters. The number of nitrogens with one attached hydrogen (secondary N) is 1. The second kappa shape index (κ2) is 8.27. The number of hydrogen-bond donors (Lipinski definition) is 2. The van der Waals surface area contributed by atoms with E-state index in [-0.39, 0.29) is 17.7 Å². The summed E-state index contributed by atoms with van der Waals surface area (Å²) in [6, 6.07) is 0.813. The van der Waals surface area contributed by atoms with Crippen LogP contribution in [0.15, 0.2) is 12.2 Å². The first-order valence-corrected chi connectivity index (χ1v) is 11.4. The minimum atomic E-state index is -2.15. The number of carbonyl (C=O) groups excluding carboxylic acids is 1. The van der Waals surface area contributed by atoms with Crippen molar-refractivity contribution in [2.24, 2.45) is 23.7 Å². The van der Waals surface area contributed by atoms with Crippen molar-refractivity contribution in [2.45, 2.75) is 39.3 Å². The molecule has 7 heteroatoms. The molecule has 6 nitrogen and oxygen atoms in total. The molecular weight excluding hydrogens is 326 g/mol. The van der Waals surface area contributed by atoms with Crippen LogP contribution in [0.3, 0.4) is 0 Å². The summed E-state index contributed by atoms with van der Waals surface area (Å²) in [4.78, 5) is 23.9. The van der Waals surface area contributed by atoms with Crippen LogP contribution >= 0.6 is 0 Å². The largest absolute Gasteiger partial charge is 0.481 e. The Labute approximate surface area is 144 Å². The highest BCUT2D eigenvalue weighted by Crippen LogP contribution is 2.48. The van der Waals surface area contributed by atoms with Crippen LogP contribution in [0.5, 0.6) is 0 Å². The predicted molar refractivity (Wildman–Crippen MR) is 92.7 cm³/mol. The summed E-state index contributed by atoms with van der Waals surface area (Å²) >= 11 is 0. The topological polar surface area (TPSA) is 84.9 Å². The van der Waals surface area contributed by atoms with Gasteiger partial charge >= 0.3 is 14.5 Å². The van der Waals surface area contributed by atoms with E-state index in [9.17, 15) is 14.7 Å². The molecule has 1 amide bonds. The second-order valence-electron chi connectivity index (χ2n) is 6.73. The van der Waals surface area contributed by atoms with Gasteiger partial charge in [0, 0.05) is 19.8 Å². The van der Waals surface area contributed by atoms with Crippen LogP contribution in [0.4, 0.5) is 0 Å². The summed E-state index contributed by atoms with van der Waals surface area (Å²) in [5.74, 6) is -1.92. The van der Waals surface area contributed by atoms with Gasteiger partial charge < -0.3 is 19.3 Å². The van der Waals surface area contributed by atoms with Gasteiger partial charge in [-0.25, -0.2) is 0 Å². The lowest BCUT2D eigenvalue weighted by molar-refractivity contribution is -0.147. The molecule has 2 N–H and O–H groups in total. The number of amides is 1. The minimum absolute atomic E-state index is 0.00913. The Hall–Kier alpha value is -1.18. The number of allylic oxidation sites excluding steroid dienone is 2. The normalized spacial score (nSPS) is 28.3. The van der Waals surface area contributed by atoms with Crippen molar-refractivity contribution in [1.82, 2.24) is 5.32 Å². The van der Waals surface area contributed by atoms with Gasteiger partial charge in [-0.15, -0.1) is 0 Å². The Balaban J connectivity index is 1.81. The fourth-order valence-corrected chi connectivity index (χ4v) is 6.46. The summed E-state index contributed by atoms with van der Waals surface area (Å²) in [5, 5.41) is 12.3. The zero-order chi connectivity index (χ0) is 17.7. The first kappa shape index (κ1) is 19.1. The molecular formula is C17H29NO5Si. The van der Waals surface area contributed by atoms with Gasteiger partial charge in [0.2, 0.25) is 5.91 Å². The molecule has 2 aliphatic rings. The lowest BCUT2D eigenvalue weighted by Crippen LogP contribution is -2.42. The minimum Gasteiger partial charge on any atom is -0.481 e. The SMILES string of the molecule is CCO[Si](C)(CCCNC(=O)C1C2C=CC(C2)C1C(=O)O)OCC. The Morgan fingerprint density at radius 1 is 1.17 bits per heavy atom. The number of hydrogen-bond acceptors (Lipinski definition) is 4. The maximum absolute atomic E-state index is 12.5. The van der Waals surface area contributed by atoms with E-state index in [1.54, 1.807) is 0 Å². The first-order chi connectivity index (χ1) is 11.4. The molecule has 0 aromatic carbocycles. The van der Waals surface area contributed by atoms with E-state index in [0.717, 1.165) is 18.9 Å². The Bertz CT molecular complexity index is 489. The van der Waals surface area contributed by atoms with Crippen molar-refractivity contribution < 1.29 is 23.5 Å². The molecule has 0 aliphatic heterocycles. The van der Waals surface area contributed by atoms with Crippen molar-refractivity contribution in [3.05, 3.63) is 12.2 Å². The number of carboxylic acids is 1. The lowest BCUT2D eigenvalue weighted by atomic mass is 9.82.